The fourth-order valence-corrected chi connectivity index (χ4v) is 3.08. The molecule has 0 aliphatic rings. The van der Waals surface area contributed by atoms with Gasteiger partial charge in [-0.2, -0.15) is 5.10 Å². The number of pyridine rings is 1. The Morgan fingerprint density at radius 1 is 0.933 bits per heavy atom. The third kappa shape index (κ3) is 4.76. The highest BCUT2D eigenvalue weighted by molar-refractivity contribution is 6.04. The molecular formula is C23H20FN5O. The number of carbonyl (C=O) groups excluding carboxylic acids is 1. The molecule has 7 heteroatoms. The number of benzene rings is 2. The maximum absolute atomic E-state index is 13.2. The molecule has 1 amide bonds. The molecule has 0 radical (unpaired) electrons. The van der Waals surface area contributed by atoms with Crippen LogP contribution in [0.25, 0.3) is 5.69 Å². The van der Waals surface area contributed by atoms with Gasteiger partial charge < -0.3 is 10.6 Å². The van der Waals surface area contributed by atoms with Gasteiger partial charge >= 0.3 is 0 Å². The SMILES string of the molecule is O=C(Nc1cccc(CNCc2ccnn2-c2ccc(F)cc2)c1)c1ccncc1. The van der Waals surface area contributed by atoms with Crippen molar-refractivity contribution in [2.24, 2.45) is 0 Å². The predicted molar refractivity (Wildman–Crippen MR) is 113 cm³/mol. The average molecular weight is 401 g/mol. The zero-order valence-electron chi connectivity index (χ0n) is 16.1. The van der Waals surface area contributed by atoms with Crippen LogP contribution in [0.1, 0.15) is 21.6 Å². The first-order chi connectivity index (χ1) is 14.7. The average Bonchev–Trinajstić information content (AvgIpc) is 3.24. The summed E-state index contributed by atoms with van der Waals surface area (Å²) >= 11 is 0. The summed E-state index contributed by atoms with van der Waals surface area (Å²) < 4.78 is 14.9. The van der Waals surface area contributed by atoms with E-state index in [2.05, 4.69) is 20.7 Å². The molecule has 2 N–H and O–H groups in total. The van der Waals surface area contributed by atoms with Crippen LogP contribution < -0.4 is 10.6 Å². The van der Waals surface area contributed by atoms with Crippen molar-refractivity contribution in [3.8, 4) is 5.69 Å². The molecule has 0 fully saturated rings. The number of aromatic nitrogens is 3. The summed E-state index contributed by atoms with van der Waals surface area (Å²) in [7, 11) is 0. The van der Waals surface area contributed by atoms with E-state index in [0.717, 1.165) is 22.6 Å². The van der Waals surface area contributed by atoms with Crippen molar-refractivity contribution in [2.75, 3.05) is 5.32 Å². The van der Waals surface area contributed by atoms with Gasteiger partial charge in [0.05, 0.1) is 11.4 Å². The summed E-state index contributed by atoms with van der Waals surface area (Å²) in [6.45, 7) is 1.21. The highest BCUT2D eigenvalue weighted by atomic mass is 19.1. The van der Waals surface area contributed by atoms with Crippen LogP contribution in [0, 0.1) is 5.82 Å². The van der Waals surface area contributed by atoms with E-state index in [4.69, 9.17) is 0 Å². The minimum atomic E-state index is -0.276. The summed E-state index contributed by atoms with van der Waals surface area (Å²) in [4.78, 5) is 16.2. The first-order valence-electron chi connectivity index (χ1n) is 9.49. The Morgan fingerprint density at radius 2 is 1.73 bits per heavy atom. The number of carbonyl (C=O) groups is 1. The topological polar surface area (TPSA) is 71.8 Å². The van der Waals surface area contributed by atoms with Crippen LogP contribution in [-0.2, 0) is 13.1 Å². The molecule has 0 atom stereocenters. The molecule has 0 aliphatic heterocycles. The lowest BCUT2D eigenvalue weighted by atomic mass is 10.2. The van der Waals surface area contributed by atoms with Gasteiger partial charge in [0.25, 0.3) is 5.91 Å². The van der Waals surface area contributed by atoms with Crippen LogP contribution in [0.2, 0.25) is 0 Å². The maximum Gasteiger partial charge on any atom is 0.255 e. The van der Waals surface area contributed by atoms with Gasteiger partial charge in [0.2, 0.25) is 0 Å². The first kappa shape index (κ1) is 19.5. The van der Waals surface area contributed by atoms with Crippen molar-refractivity contribution in [1.29, 1.82) is 0 Å². The number of amides is 1. The molecule has 30 heavy (non-hydrogen) atoms. The van der Waals surface area contributed by atoms with E-state index in [1.807, 2.05) is 30.3 Å². The predicted octanol–water partition coefficient (Wildman–Crippen LogP) is 3.95. The monoisotopic (exact) mass is 401 g/mol. The van der Waals surface area contributed by atoms with Gasteiger partial charge in [-0.1, -0.05) is 12.1 Å². The summed E-state index contributed by atoms with van der Waals surface area (Å²) in [5, 5.41) is 10.6. The van der Waals surface area contributed by atoms with Gasteiger partial charge in [-0.15, -0.1) is 0 Å². The molecule has 0 bridgehead atoms. The number of hydrogen-bond donors (Lipinski definition) is 2. The van der Waals surface area contributed by atoms with E-state index >= 15 is 0 Å². The van der Waals surface area contributed by atoms with E-state index in [9.17, 15) is 9.18 Å². The normalized spacial score (nSPS) is 10.7. The zero-order chi connectivity index (χ0) is 20.8. The van der Waals surface area contributed by atoms with E-state index < -0.39 is 0 Å². The van der Waals surface area contributed by atoms with Gasteiger partial charge in [0.15, 0.2) is 0 Å². The van der Waals surface area contributed by atoms with E-state index in [1.54, 1.807) is 47.5 Å². The van der Waals surface area contributed by atoms with E-state index in [1.165, 1.54) is 12.1 Å². The fraction of sp³-hybridized carbons (Fsp3) is 0.0870. The third-order valence-electron chi connectivity index (χ3n) is 4.55. The van der Waals surface area contributed by atoms with Crippen molar-refractivity contribution < 1.29 is 9.18 Å². The Bertz CT molecular complexity index is 1130. The van der Waals surface area contributed by atoms with E-state index in [0.29, 0.717) is 18.7 Å². The highest BCUT2D eigenvalue weighted by Crippen LogP contribution is 2.14. The van der Waals surface area contributed by atoms with Crippen LogP contribution in [0.15, 0.2) is 85.3 Å². The van der Waals surface area contributed by atoms with Crippen LogP contribution in [0.5, 0.6) is 0 Å². The summed E-state index contributed by atoms with van der Waals surface area (Å²) in [5.74, 6) is -0.452. The number of hydrogen-bond acceptors (Lipinski definition) is 4. The lowest BCUT2D eigenvalue weighted by Gasteiger charge is -2.10. The number of nitrogens with zero attached hydrogens (tertiary/aromatic N) is 3. The van der Waals surface area contributed by atoms with Crippen molar-refractivity contribution in [2.45, 2.75) is 13.1 Å². The Hall–Kier alpha value is -3.84. The minimum Gasteiger partial charge on any atom is -0.322 e. The second-order valence-electron chi connectivity index (χ2n) is 6.70. The van der Waals surface area contributed by atoms with Gasteiger partial charge in [-0.05, 0) is 60.2 Å². The standard InChI is InChI=1S/C23H20FN5O/c24-19-4-6-21(7-5-19)29-22(10-13-27-29)16-26-15-17-2-1-3-20(14-17)28-23(30)18-8-11-25-12-9-18/h1-14,26H,15-16H2,(H,28,30). The molecule has 2 aromatic heterocycles. The number of halogens is 1. The molecule has 0 saturated heterocycles. The highest BCUT2D eigenvalue weighted by Gasteiger charge is 2.07. The van der Waals surface area contributed by atoms with Crippen LogP contribution >= 0.6 is 0 Å². The molecule has 4 rings (SSSR count). The molecule has 0 spiro atoms. The molecule has 2 aromatic carbocycles. The molecule has 0 aliphatic carbocycles. The summed E-state index contributed by atoms with van der Waals surface area (Å²) in [6.07, 6.45) is 4.90. The molecule has 4 aromatic rings. The lowest BCUT2D eigenvalue weighted by molar-refractivity contribution is 0.102. The van der Waals surface area contributed by atoms with Crippen LogP contribution in [0.3, 0.4) is 0 Å². The third-order valence-corrected chi connectivity index (χ3v) is 4.55. The van der Waals surface area contributed by atoms with Crippen LogP contribution in [0.4, 0.5) is 10.1 Å². The molecule has 0 saturated carbocycles. The molecule has 6 nitrogen and oxygen atoms in total. The summed E-state index contributed by atoms with van der Waals surface area (Å²) in [6, 6.07) is 19.2. The lowest BCUT2D eigenvalue weighted by Crippen LogP contribution is -2.16. The Balaban J connectivity index is 1.36. The fourth-order valence-electron chi connectivity index (χ4n) is 3.08. The largest absolute Gasteiger partial charge is 0.322 e. The molecule has 150 valence electrons. The van der Waals surface area contributed by atoms with Crippen molar-refractivity contribution in [3.63, 3.8) is 0 Å². The van der Waals surface area contributed by atoms with E-state index in [-0.39, 0.29) is 11.7 Å². The minimum absolute atomic E-state index is 0.175. The van der Waals surface area contributed by atoms with Gasteiger partial charge in [-0.3, -0.25) is 9.78 Å². The van der Waals surface area contributed by atoms with Crippen LogP contribution in [-0.4, -0.2) is 20.7 Å². The Kier molecular flexibility index (Phi) is 5.91. The summed E-state index contributed by atoms with van der Waals surface area (Å²) in [5.41, 5.74) is 4.09. The van der Waals surface area contributed by atoms with Crippen molar-refractivity contribution >= 4 is 11.6 Å². The van der Waals surface area contributed by atoms with Gasteiger partial charge in [0, 0.05) is 42.9 Å². The van der Waals surface area contributed by atoms with Crippen molar-refractivity contribution in [3.05, 3.63) is 108 Å². The maximum atomic E-state index is 13.2. The molecule has 2 heterocycles. The number of rotatable bonds is 7. The second-order valence-corrected chi connectivity index (χ2v) is 6.70. The molecular weight excluding hydrogens is 381 g/mol. The quantitative estimate of drug-likeness (QED) is 0.492. The zero-order valence-corrected chi connectivity index (χ0v) is 16.1. The van der Waals surface area contributed by atoms with Gasteiger partial charge in [0.1, 0.15) is 5.82 Å². The second kappa shape index (κ2) is 9.11. The number of anilines is 1. The Labute approximate surface area is 173 Å². The first-order valence-corrected chi connectivity index (χ1v) is 9.49. The molecule has 0 unspecified atom stereocenters. The smallest absolute Gasteiger partial charge is 0.255 e. The Morgan fingerprint density at radius 3 is 2.53 bits per heavy atom. The number of nitrogens with one attached hydrogen (secondary N) is 2. The van der Waals surface area contributed by atoms with Crippen molar-refractivity contribution in [1.82, 2.24) is 20.1 Å². The van der Waals surface area contributed by atoms with Gasteiger partial charge in [-0.25, -0.2) is 9.07 Å².